The molecule has 0 aliphatic carbocycles. The molecular weight excluding hydrogens is 350 g/mol. The third-order valence-electron chi connectivity index (χ3n) is 3.42. The monoisotopic (exact) mass is 364 g/mol. The van der Waals surface area contributed by atoms with Crippen LogP contribution in [0, 0.1) is 13.8 Å². The van der Waals surface area contributed by atoms with Crippen LogP contribution in [-0.2, 0) is 0 Å². The van der Waals surface area contributed by atoms with E-state index in [4.69, 9.17) is 0 Å². The quantitative estimate of drug-likeness (QED) is 0.417. The summed E-state index contributed by atoms with van der Waals surface area (Å²) in [6, 6.07) is 13.9. The first-order valence-electron chi connectivity index (χ1n) is 6.04. The van der Waals surface area contributed by atoms with E-state index in [9.17, 15) is 0 Å². The van der Waals surface area contributed by atoms with Gasteiger partial charge in [0.2, 0.25) is 0 Å². The molecule has 88 valence electrons. The fourth-order valence-corrected chi connectivity index (χ4v) is 9.42. The van der Waals surface area contributed by atoms with Crippen LogP contribution in [0.25, 0.3) is 27.8 Å². The van der Waals surface area contributed by atoms with Gasteiger partial charge in [-0.25, -0.2) is 0 Å². The summed E-state index contributed by atoms with van der Waals surface area (Å²) in [5, 5.41) is 4.61. The van der Waals surface area contributed by atoms with E-state index in [1.165, 1.54) is 21.9 Å². The number of hydrogen-bond acceptors (Lipinski definition) is 0. The van der Waals surface area contributed by atoms with Crippen LogP contribution >= 0.6 is 0 Å². The summed E-state index contributed by atoms with van der Waals surface area (Å²) in [6.45, 7) is 4.39. The molecule has 4 aromatic rings. The molecule has 0 spiro atoms. The van der Waals surface area contributed by atoms with Gasteiger partial charge in [0.25, 0.3) is 0 Å². The van der Waals surface area contributed by atoms with E-state index in [-0.39, 0.29) is 0 Å². The zero-order valence-electron chi connectivity index (χ0n) is 10.3. The standard InChI is InChI=1S/C16H12Se2/c1-9-3-5-11-13(7-9)17-16-15(11)12-6-4-10(2)8-14(12)18-16/h3-8H,1-2H3. The Kier molecular flexibility index (Phi) is 2.37. The Bertz CT molecular complexity index is 822. The normalized spacial score (nSPS) is 11.9. The van der Waals surface area contributed by atoms with Crippen molar-refractivity contribution in [1.82, 2.24) is 0 Å². The molecule has 2 aromatic carbocycles. The van der Waals surface area contributed by atoms with Crippen LogP contribution in [0.15, 0.2) is 36.4 Å². The summed E-state index contributed by atoms with van der Waals surface area (Å²) >= 11 is 1.15. The van der Waals surface area contributed by atoms with Gasteiger partial charge in [-0.3, -0.25) is 0 Å². The minimum absolute atomic E-state index is 0.573. The first kappa shape index (κ1) is 11.1. The van der Waals surface area contributed by atoms with E-state index in [1.54, 1.807) is 17.0 Å². The third kappa shape index (κ3) is 1.50. The summed E-state index contributed by atoms with van der Waals surface area (Å²) in [5.74, 6) is 0. The predicted molar refractivity (Wildman–Crippen MR) is 82.3 cm³/mol. The van der Waals surface area contributed by atoms with E-state index >= 15 is 0 Å². The molecule has 0 N–H and O–H groups in total. The molecule has 2 aromatic heterocycles. The molecule has 0 atom stereocenters. The second-order valence-corrected chi connectivity index (χ2v) is 10.6. The number of fused-ring (bicyclic) bond motifs is 5. The van der Waals surface area contributed by atoms with Crippen molar-refractivity contribution in [2.45, 2.75) is 13.8 Å². The van der Waals surface area contributed by atoms with Crippen molar-refractivity contribution in [3.8, 4) is 0 Å². The Labute approximate surface area is 118 Å². The zero-order chi connectivity index (χ0) is 12.3. The number of aryl methyl sites for hydroxylation is 2. The van der Waals surface area contributed by atoms with Gasteiger partial charge in [0.1, 0.15) is 0 Å². The van der Waals surface area contributed by atoms with Crippen LogP contribution in [-0.4, -0.2) is 29.0 Å². The molecule has 4 rings (SSSR count). The van der Waals surface area contributed by atoms with Crippen LogP contribution in [0.5, 0.6) is 0 Å². The topological polar surface area (TPSA) is 0 Å². The van der Waals surface area contributed by atoms with E-state index in [1.807, 2.05) is 0 Å². The molecule has 18 heavy (non-hydrogen) atoms. The summed E-state index contributed by atoms with van der Waals surface area (Å²) in [5.41, 5.74) is 2.79. The third-order valence-corrected chi connectivity index (χ3v) is 9.21. The molecule has 0 amide bonds. The summed E-state index contributed by atoms with van der Waals surface area (Å²) in [4.78, 5) is 0. The van der Waals surface area contributed by atoms with Crippen molar-refractivity contribution in [3.05, 3.63) is 47.5 Å². The number of benzene rings is 2. The maximum absolute atomic E-state index is 2.39. The second-order valence-electron chi connectivity index (χ2n) is 4.87. The molecule has 2 heterocycles. The van der Waals surface area contributed by atoms with Crippen LogP contribution in [0.2, 0.25) is 0 Å². The molecule has 0 fully saturated rings. The van der Waals surface area contributed by atoms with Crippen LogP contribution in [0.4, 0.5) is 0 Å². The zero-order valence-corrected chi connectivity index (χ0v) is 13.7. The van der Waals surface area contributed by atoms with E-state index in [0.29, 0.717) is 29.0 Å². The first-order chi connectivity index (χ1) is 8.72. The molecule has 0 unspecified atom stereocenters. The minimum atomic E-state index is 0.573. The van der Waals surface area contributed by atoms with E-state index in [0.717, 1.165) is 0 Å². The molecule has 0 radical (unpaired) electrons. The van der Waals surface area contributed by atoms with Gasteiger partial charge in [0.05, 0.1) is 0 Å². The molecule has 0 saturated carbocycles. The summed E-state index contributed by atoms with van der Waals surface area (Å²) in [6.07, 6.45) is 0. The van der Waals surface area contributed by atoms with Gasteiger partial charge in [-0.1, -0.05) is 0 Å². The van der Waals surface area contributed by atoms with Gasteiger partial charge in [-0.15, -0.1) is 0 Å². The van der Waals surface area contributed by atoms with Gasteiger partial charge in [-0.05, 0) is 0 Å². The van der Waals surface area contributed by atoms with Crippen LogP contribution < -0.4 is 0 Å². The van der Waals surface area contributed by atoms with Crippen molar-refractivity contribution >= 4 is 56.8 Å². The number of hydrogen-bond donors (Lipinski definition) is 0. The number of rotatable bonds is 0. The molecule has 2 heteroatoms. The van der Waals surface area contributed by atoms with Gasteiger partial charge >= 0.3 is 118 Å². The van der Waals surface area contributed by atoms with Crippen LogP contribution in [0.1, 0.15) is 11.1 Å². The SMILES string of the molecule is Cc1ccc2c(c1)[se]c1[se]c3cc(C)ccc3c12. The van der Waals surface area contributed by atoms with Crippen molar-refractivity contribution in [2.24, 2.45) is 0 Å². The van der Waals surface area contributed by atoms with E-state index < -0.39 is 0 Å². The molecule has 0 nitrogen and oxygen atoms in total. The molecule has 0 bridgehead atoms. The fraction of sp³-hybridized carbons (Fsp3) is 0.125. The van der Waals surface area contributed by atoms with Gasteiger partial charge in [0.15, 0.2) is 0 Å². The molecule has 0 saturated heterocycles. The molecule has 0 aliphatic heterocycles. The first-order valence-corrected chi connectivity index (χ1v) is 9.47. The van der Waals surface area contributed by atoms with Crippen molar-refractivity contribution in [1.29, 1.82) is 0 Å². The summed E-state index contributed by atoms with van der Waals surface area (Å²) in [7, 11) is 0. The Morgan fingerprint density at radius 3 is 1.72 bits per heavy atom. The average Bonchev–Trinajstić information content (AvgIpc) is 2.82. The fourth-order valence-electron chi connectivity index (χ4n) is 2.53. The Morgan fingerprint density at radius 2 is 1.22 bits per heavy atom. The predicted octanol–water partition coefficient (Wildman–Crippen LogP) is 3.88. The Balaban J connectivity index is 2.25. The van der Waals surface area contributed by atoms with Crippen molar-refractivity contribution in [3.63, 3.8) is 0 Å². The van der Waals surface area contributed by atoms with Gasteiger partial charge in [0, 0.05) is 0 Å². The van der Waals surface area contributed by atoms with Gasteiger partial charge < -0.3 is 0 Å². The molecular formula is C16H12Se2. The second kappa shape index (κ2) is 3.85. The van der Waals surface area contributed by atoms with Crippen molar-refractivity contribution in [2.75, 3.05) is 0 Å². The van der Waals surface area contributed by atoms with Crippen LogP contribution in [0.3, 0.4) is 0 Å². The van der Waals surface area contributed by atoms with E-state index in [2.05, 4.69) is 50.2 Å². The van der Waals surface area contributed by atoms with Gasteiger partial charge in [-0.2, -0.15) is 0 Å². The maximum atomic E-state index is 2.39. The Morgan fingerprint density at radius 1 is 0.722 bits per heavy atom. The Hall–Kier alpha value is -0.781. The molecule has 0 aliphatic rings. The summed E-state index contributed by atoms with van der Waals surface area (Å²) < 4.78 is 4.94. The average molecular weight is 362 g/mol. The van der Waals surface area contributed by atoms with Crippen molar-refractivity contribution < 1.29 is 0 Å².